The van der Waals surface area contributed by atoms with Crippen LogP contribution in [0.5, 0.6) is 0 Å². The molecule has 2 heterocycles. The zero-order valence-corrected chi connectivity index (χ0v) is 16.8. The number of rotatable bonds is 3. The summed E-state index contributed by atoms with van der Waals surface area (Å²) in [6.07, 6.45) is 2.54. The lowest BCUT2D eigenvalue weighted by Gasteiger charge is -2.17. The second-order valence-corrected chi connectivity index (χ2v) is 7.76. The van der Waals surface area contributed by atoms with E-state index in [0.29, 0.717) is 5.02 Å². The zero-order valence-electron chi connectivity index (χ0n) is 16.0. The van der Waals surface area contributed by atoms with Gasteiger partial charge < -0.3 is 9.32 Å². The minimum absolute atomic E-state index is 0.668. The first-order valence-electron chi connectivity index (χ1n) is 9.95. The predicted molar refractivity (Wildman–Crippen MR) is 120 cm³/mol. The maximum absolute atomic E-state index is 6.26. The summed E-state index contributed by atoms with van der Waals surface area (Å²) in [5, 5.41) is 2.42. The van der Waals surface area contributed by atoms with Crippen molar-refractivity contribution in [1.29, 1.82) is 0 Å². The summed E-state index contributed by atoms with van der Waals surface area (Å²) in [6.45, 7) is 2.28. The fraction of sp³-hybridized carbons (Fsp3) is 0.160. The lowest BCUT2D eigenvalue weighted by molar-refractivity contribution is 0.618. The lowest BCUT2D eigenvalue weighted by atomic mass is 10.1. The van der Waals surface area contributed by atoms with E-state index in [1.165, 1.54) is 18.5 Å². The van der Waals surface area contributed by atoms with Crippen LogP contribution in [0.4, 0.5) is 11.4 Å². The first kappa shape index (κ1) is 18.0. The van der Waals surface area contributed by atoms with Crippen molar-refractivity contribution in [2.45, 2.75) is 12.8 Å². The third-order valence-electron chi connectivity index (χ3n) is 5.33. The average Bonchev–Trinajstić information content (AvgIpc) is 3.30. The summed E-state index contributed by atoms with van der Waals surface area (Å²) in [4.78, 5) is 7.35. The van der Waals surface area contributed by atoms with Gasteiger partial charge in [-0.05, 0) is 55.3 Å². The zero-order chi connectivity index (χ0) is 19.6. The first-order valence-corrected chi connectivity index (χ1v) is 10.3. The van der Waals surface area contributed by atoms with Gasteiger partial charge in [0.05, 0.1) is 11.0 Å². The summed E-state index contributed by atoms with van der Waals surface area (Å²) < 4.78 is 6.14. The average molecular weight is 401 g/mol. The molecule has 4 aromatic rings. The van der Waals surface area contributed by atoms with Crippen LogP contribution in [0.1, 0.15) is 12.8 Å². The minimum Gasteiger partial charge on any atom is -0.456 e. The Morgan fingerprint density at radius 1 is 0.828 bits per heavy atom. The van der Waals surface area contributed by atoms with Crippen molar-refractivity contribution < 1.29 is 4.42 Å². The van der Waals surface area contributed by atoms with Gasteiger partial charge in [-0.2, -0.15) is 0 Å². The third-order valence-corrected chi connectivity index (χ3v) is 5.57. The number of fused-ring (bicyclic) bond motifs is 1. The first-order chi connectivity index (χ1) is 14.3. The number of hydrogen-bond donors (Lipinski definition) is 0. The summed E-state index contributed by atoms with van der Waals surface area (Å²) >= 11 is 6.26. The van der Waals surface area contributed by atoms with Gasteiger partial charge in [0.25, 0.3) is 0 Å². The molecule has 1 aromatic heterocycles. The Kier molecular flexibility index (Phi) is 4.82. The predicted octanol–water partition coefficient (Wildman–Crippen LogP) is 6.59. The van der Waals surface area contributed by atoms with E-state index in [4.69, 9.17) is 21.0 Å². The van der Waals surface area contributed by atoms with Gasteiger partial charge in [-0.25, -0.2) is 4.99 Å². The van der Waals surface area contributed by atoms with E-state index in [1.807, 2.05) is 54.6 Å². The molecule has 29 heavy (non-hydrogen) atoms. The Morgan fingerprint density at radius 2 is 1.59 bits per heavy atom. The maximum atomic E-state index is 6.26. The maximum Gasteiger partial charge on any atom is 0.136 e. The van der Waals surface area contributed by atoms with Crippen molar-refractivity contribution in [1.82, 2.24) is 0 Å². The number of halogens is 1. The molecule has 1 aliphatic rings. The van der Waals surface area contributed by atoms with E-state index in [9.17, 15) is 0 Å². The van der Waals surface area contributed by atoms with Gasteiger partial charge in [-0.1, -0.05) is 41.9 Å². The second-order valence-electron chi connectivity index (χ2n) is 7.32. The molecule has 0 amide bonds. The van der Waals surface area contributed by atoms with Crippen molar-refractivity contribution >= 4 is 33.9 Å². The molecule has 5 rings (SSSR count). The molecule has 0 atom stereocenters. The standard InChI is InChI=1S/C25H21ClN2O/c26-19-8-13-24-22(16-19)23(17-25(29-24)18-6-2-1-3-7-18)27-20-9-11-21(12-10-20)28-14-4-5-15-28/h1-3,6-13,16-17H,4-5,14-15H2. The monoisotopic (exact) mass is 400 g/mol. The van der Waals surface area contributed by atoms with Crippen LogP contribution in [0.25, 0.3) is 22.3 Å². The number of hydrogen-bond acceptors (Lipinski definition) is 3. The van der Waals surface area contributed by atoms with Crippen molar-refractivity contribution in [3.8, 4) is 11.3 Å². The van der Waals surface area contributed by atoms with Gasteiger partial charge in [0.1, 0.15) is 11.3 Å². The van der Waals surface area contributed by atoms with Crippen LogP contribution in [0, 0.1) is 0 Å². The van der Waals surface area contributed by atoms with E-state index in [0.717, 1.165) is 46.4 Å². The Balaban J connectivity index is 1.63. The fourth-order valence-corrected chi connectivity index (χ4v) is 4.00. The molecule has 0 N–H and O–H groups in total. The van der Waals surface area contributed by atoms with Crippen LogP contribution in [-0.4, -0.2) is 13.1 Å². The molecular weight excluding hydrogens is 380 g/mol. The van der Waals surface area contributed by atoms with Gasteiger partial charge in [0.15, 0.2) is 0 Å². The Hall–Kier alpha value is -3.04. The van der Waals surface area contributed by atoms with Crippen molar-refractivity contribution in [2.75, 3.05) is 18.0 Å². The highest BCUT2D eigenvalue weighted by Crippen LogP contribution is 2.26. The number of benzene rings is 3. The van der Waals surface area contributed by atoms with Crippen molar-refractivity contribution in [2.24, 2.45) is 4.99 Å². The van der Waals surface area contributed by atoms with Crippen LogP contribution in [0.3, 0.4) is 0 Å². The topological polar surface area (TPSA) is 28.7 Å². The highest BCUT2D eigenvalue weighted by atomic mass is 35.5. The van der Waals surface area contributed by atoms with Crippen LogP contribution >= 0.6 is 11.6 Å². The molecule has 0 spiro atoms. The normalized spacial score (nSPS) is 14.7. The van der Waals surface area contributed by atoms with Crippen LogP contribution in [-0.2, 0) is 0 Å². The SMILES string of the molecule is Clc1ccc2oc(-c3ccccc3)cc(=Nc3ccc(N4CCCC4)cc3)c2c1. The van der Waals surface area contributed by atoms with E-state index < -0.39 is 0 Å². The molecule has 3 nitrogen and oxygen atoms in total. The smallest absolute Gasteiger partial charge is 0.136 e. The van der Waals surface area contributed by atoms with Crippen LogP contribution in [0.2, 0.25) is 5.02 Å². The van der Waals surface area contributed by atoms with Crippen LogP contribution in [0.15, 0.2) is 88.3 Å². The van der Waals surface area contributed by atoms with Gasteiger partial charge in [-0.3, -0.25) is 0 Å². The summed E-state index contributed by atoms with van der Waals surface area (Å²) in [7, 11) is 0. The summed E-state index contributed by atoms with van der Waals surface area (Å²) in [5.41, 5.74) is 3.97. The molecule has 0 bridgehead atoms. The molecule has 3 aromatic carbocycles. The molecule has 4 heteroatoms. The van der Waals surface area contributed by atoms with Gasteiger partial charge in [-0.15, -0.1) is 0 Å². The van der Waals surface area contributed by atoms with E-state index >= 15 is 0 Å². The fourth-order valence-electron chi connectivity index (χ4n) is 3.83. The molecule has 1 fully saturated rings. The minimum atomic E-state index is 0.668. The summed E-state index contributed by atoms with van der Waals surface area (Å²) in [5.74, 6) is 0.785. The third kappa shape index (κ3) is 3.79. The van der Waals surface area contributed by atoms with Crippen molar-refractivity contribution in [3.05, 3.63) is 89.2 Å². The highest BCUT2D eigenvalue weighted by molar-refractivity contribution is 6.31. The Bertz CT molecular complexity index is 1210. The summed E-state index contributed by atoms with van der Waals surface area (Å²) in [6, 6.07) is 26.2. The molecule has 1 saturated heterocycles. The molecular formula is C25H21ClN2O. The molecule has 0 unspecified atom stereocenters. The molecule has 0 aliphatic carbocycles. The highest BCUT2D eigenvalue weighted by Gasteiger charge is 2.12. The van der Waals surface area contributed by atoms with Gasteiger partial charge in [0.2, 0.25) is 0 Å². The van der Waals surface area contributed by atoms with E-state index in [-0.39, 0.29) is 0 Å². The molecule has 144 valence electrons. The Morgan fingerprint density at radius 3 is 2.34 bits per heavy atom. The van der Waals surface area contributed by atoms with Gasteiger partial charge in [0, 0.05) is 40.8 Å². The Labute approximate surface area is 174 Å². The lowest BCUT2D eigenvalue weighted by Crippen LogP contribution is -2.17. The second kappa shape index (κ2) is 7.76. The molecule has 0 radical (unpaired) electrons. The van der Waals surface area contributed by atoms with Crippen molar-refractivity contribution in [3.63, 3.8) is 0 Å². The largest absolute Gasteiger partial charge is 0.456 e. The van der Waals surface area contributed by atoms with E-state index in [1.54, 1.807) is 0 Å². The quantitative estimate of drug-likeness (QED) is 0.388. The molecule has 0 saturated carbocycles. The van der Waals surface area contributed by atoms with E-state index in [2.05, 4.69) is 29.2 Å². The molecule has 1 aliphatic heterocycles. The van der Waals surface area contributed by atoms with Crippen LogP contribution < -0.4 is 10.3 Å². The number of nitrogens with zero attached hydrogens (tertiary/aromatic N) is 2. The number of anilines is 1. The van der Waals surface area contributed by atoms with Gasteiger partial charge >= 0.3 is 0 Å².